The van der Waals surface area contributed by atoms with Crippen LogP contribution in [-0.4, -0.2) is 24.0 Å². The molecule has 0 saturated heterocycles. The van der Waals surface area contributed by atoms with Crippen LogP contribution in [0.1, 0.15) is 16.8 Å². The number of anilines is 1. The van der Waals surface area contributed by atoms with Crippen molar-refractivity contribution in [1.82, 2.24) is 4.98 Å². The third kappa shape index (κ3) is 7.20. The molecule has 136 valence electrons. The third-order valence-electron chi connectivity index (χ3n) is 3.33. The summed E-state index contributed by atoms with van der Waals surface area (Å²) in [5.41, 5.74) is 9.63. The van der Waals surface area contributed by atoms with Gasteiger partial charge in [-0.25, -0.2) is 18.8 Å². The first kappa shape index (κ1) is 21.1. The van der Waals surface area contributed by atoms with E-state index >= 15 is 0 Å². The quantitative estimate of drug-likeness (QED) is 0.388. The van der Waals surface area contributed by atoms with E-state index in [1.165, 1.54) is 11.6 Å². The molecule has 0 amide bonds. The van der Waals surface area contributed by atoms with Crippen LogP contribution in [0.2, 0.25) is 0 Å². The van der Waals surface area contributed by atoms with Crippen LogP contribution in [0.5, 0.6) is 5.88 Å². The molecule has 0 saturated carbocycles. The Morgan fingerprint density at radius 2 is 2.00 bits per heavy atom. The molecule has 1 aromatic heterocycles. The topological polar surface area (TPSA) is 72.5 Å². The fourth-order valence-corrected chi connectivity index (χ4v) is 1.95. The summed E-state index contributed by atoms with van der Waals surface area (Å²) >= 11 is 0. The van der Waals surface area contributed by atoms with Crippen LogP contribution in [0.25, 0.3) is 0 Å². The number of nitrogens with two attached hydrogens (primary N) is 1. The van der Waals surface area contributed by atoms with Crippen molar-refractivity contribution in [2.24, 2.45) is 10.7 Å². The van der Waals surface area contributed by atoms with Gasteiger partial charge in [-0.15, -0.1) is 24.0 Å². The minimum absolute atomic E-state index is 0. The van der Waals surface area contributed by atoms with Crippen LogP contribution in [0.15, 0.2) is 41.4 Å². The number of nitrogens with zero attached hydrogens (tertiary/aromatic N) is 2. The molecule has 3 N–H and O–H groups in total. The molecule has 0 unspecified atom stereocenters. The van der Waals surface area contributed by atoms with E-state index in [9.17, 15) is 8.78 Å². The number of guanidine groups is 1. The van der Waals surface area contributed by atoms with Gasteiger partial charge in [0.25, 0.3) is 6.43 Å². The molecular weight excluding hydrogens is 441 g/mol. The fourth-order valence-electron chi connectivity index (χ4n) is 1.95. The average Bonchev–Trinajstić information content (AvgIpc) is 2.55. The first-order valence-electron chi connectivity index (χ1n) is 7.45. The maximum atomic E-state index is 12.1. The van der Waals surface area contributed by atoms with Gasteiger partial charge in [0.05, 0.1) is 12.2 Å². The summed E-state index contributed by atoms with van der Waals surface area (Å²) in [5, 5.41) is 3.00. The number of benzene rings is 1. The van der Waals surface area contributed by atoms with Crippen LogP contribution in [0.3, 0.4) is 0 Å². The molecule has 0 aliphatic rings. The lowest BCUT2D eigenvalue weighted by Crippen LogP contribution is -2.22. The van der Waals surface area contributed by atoms with Gasteiger partial charge in [-0.3, -0.25) is 0 Å². The van der Waals surface area contributed by atoms with E-state index in [4.69, 9.17) is 10.5 Å². The van der Waals surface area contributed by atoms with Gasteiger partial charge in [-0.05, 0) is 43.2 Å². The largest absolute Gasteiger partial charge is 0.472 e. The third-order valence-corrected chi connectivity index (χ3v) is 3.33. The summed E-state index contributed by atoms with van der Waals surface area (Å²) in [6.07, 6.45) is -2.54. The van der Waals surface area contributed by atoms with E-state index in [2.05, 4.69) is 15.3 Å². The second-order valence-corrected chi connectivity index (χ2v) is 5.29. The Bertz CT molecular complexity index is 726. The van der Waals surface area contributed by atoms with Crippen molar-refractivity contribution >= 4 is 35.6 Å². The Kier molecular flexibility index (Phi) is 8.53. The summed E-state index contributed by atoms with van der Waals surface area (Å²) in [7, 11) is 0. The first-order valence-corrected chi connectivity index (χ1v) is 7.45. The zero-order valence-electron chi connectivity index (χ0n) is 14.0. The zero-order chi connectivity index (χ0) is 17.5. The SMILES string of the molecule is Cc1ccc(NC(N)=NCc2cccc(OCC(F)F)n2)cc1C.I. The van der Waals surface area contributed by atoms with Crippen molar-refractivity contribution in [1.29, 1.82) is 0 Å². The smallest absolute Gasteiger partial charge is 0.272 e. The number of nitrogens with one attached hydrogen (secondary N) is 1. The van der Waals surface area contributed by atoms with Gasteiger partial charge in [0.2, 0.25) is 5.88 Å². The predicted molar refractivity (Wildman–Crippen MR) is 106 cm³/mol. The number of rotatable bonds is 6. The van der Waals surface area contributed by atoms with E-state index in [1.54, 1.807) is 12.1 Å². The maximum absolute atomic E-state index is 12.1. The second kappa shape index (κ2) is 10.1. The van der Waals surface area contributed by atoms with E-state index in [1.807, 2.05) is 32.0 Å². The van der Waals surface area contributed by atoms with Crippen LogP contribution in [0.4, 0.5) is 14.5 Å². The molecule has 0 aliphatic carbocycles. The normalized spacial score (nSPS) is 11.2. The van der Waals surface area contributed by atoms with E-state index in [0.29, 0.717) is 5.69 Å². The molecule has 25 heavy (non-hydrogen) atoms. The van der Waals surface area contributed by atoms with E-state index in [0.717, 1.165) is 11.3 Å². The maximum Gasteiger partial charge on any atom is 0.272 e. The highest BCUT2D eigenvalue weighted by molar-refractivity contribution is 14.0. The van der Waals surface area contributed by atoms with Gasteiger partial charge in [-0.1, -0.05) is 12.1 Å². The number of aromatic nitrogens is 1. The highest BCUT2D eigenvalue weighted by Crippen LogP contribution is 2.14. The average molecular weight is 462 g/mol. The van der Waals surface area contributed by atoms with Crippen molar-refractivity contribution in [3.63, 3.8) is 0 Å². The number of pyridine rings is 1. The molecule has 2 aromatic rings. The molecule has 0 spiro atoms. The second-order valence-electron chi connectivity index (χ2n) is 5.29. The number of ether oxygens (including phenoxy) is 1. The van der Waals surface area contributed by atoms with Crippen LogP contribution >= 0.6 is 24.0 Å². The number of aliphatic imine (C=N–C) groups is 1. The highest BCUT2D eigenvalue weighted by Gasteiger charge is 2.05. The summed E-state index contributed by atoms with van der Waals surface area (Å²) in [4.78, 5) is 8.30. The number of hydrogen-bond acceptors (Lipinski definition) is 3. The van der Waals surface area contributed by atoms with Gasteiger partial charge >= 0.3 is 0 Å². The van der Waals surface area contributed by atoms with Gasteiger partial charge in [0, 0.05) is 11.8 Å². The Morgan fingerprint density at radius 1 is 1.24 bits per heavy atom. The Labute approximate surface area is 162 Å². The van der Waals surface area contributed by atoms with Gasteiger partial charge < -0.3 is 15.8 Å². The Hall–Kier alpha value is -1.97. The minimum Gasteiger partial charge on any atom is -0.472 e. The zero-order valence-corrected chi connectivity index (χ0v) is 16.3. The Morgan fingerprint density at radius 3 is 2.68 bits per heavy atom. The number of halogens is 3. The molecule has 8 heteroatoms. The van der Waals surface area contributed by atoms with Gasteiger partial charge in [0.1, 0.15) is 0 Å². The van der Waals surface area contributed by atoms with Crippen LogP contribution in [-0.2, 0) is 6.54 Å². The molecule has 0 bridgehead atoms. The van der Waals surface area contributed by atoms with Crippen molar-refractivity contribution in [3.05, 3.63) is 53.2 Å². The number of alkyl halides is 2. The molecule has 1 aromatic carbocycles. The van der Waals surface area contributed by atoms with Gasteiger partial charge in [-0.2, -0.15) is 0 Å². The Balaban J connectivity index is 0.00000312. The number of aryl methyl sites for hydroxylation is 2. The molecule has 0 radical (unpaired) electrons. The lowest BCUT2D eigenvalue weighted by Gasteiger charge is -2.08. The molecular formula is C17H21F2IN4O. The van der Waals surface area contributed by atoms with Crippen molar-refractivity contribution < 1.29 is 13.5 Å². The van der Waals surface area contributed by atoms with Gasteiger partial charge in [0.15, 0.2) is 12.6 Å². The standard InChI is InChI=1S/C17H20F2N4O.HI/c1-11-6-7-13(8-12(11)2)23-17(20)21-9-14-4-3-5-16(22-14)24-10-15(18)19;/h3-8,15H,9-10H2,1-2H3,(H3,20,21,23);1H. The van der Waals surface area contributed by atoms with Crippen molar-refractivity contribution in [2.45, 2.75) is 26.8 Å². The summed E-state index contributed by atoms with van der Waals surface area (Å²) < 4.78 is 29.2. The van der Waals surface area contributed by atoms with Crippen molar-refractivity contribution in [3.8, 4) is 5.88 Å². The summed E-state index contributed by atoms with van der Waals surface area (Å²) in [6, 6.07) is 10.8. The predicted octanol–water partition coefficient (Wildman–Crippen LogP) is 3.89. The lowest BCUT2D eigenvalue weighted by atomic mass is 10.1. The molecule has 0 aliphatic heterocycles. The molecule has 1 heterocycles. The van der Waals surface area contributed by atoms with E-state index < -0.39 is 13.0 Å². The van der Waals surface area contributed by atoms with Crippen LogP contribution < -0.4 is 15.8 Å². The lowest BCUT2D eigenvalue weighted by molar-refractivity contribution is 0.0795. The molecule has 0 fully saturated rings. The summed E-state index contributed by atoms with van der Waals surface area (Å²) in [5.74, 6) is 0.391. The first-order chi connectivity index (χ1) is 11.4. The fraction of sp³-hybridized carbons (Fsp3) is 0.294. The van der Waals surface area contributed by atoms with Crippen LogP contribution in [0, 0.1) is 13.8 Å². The monoisotopic (exact) mass is 462 g/mol. The highest BCUT2D eigenvalue weighted by atomic mass is 127. The molecule has 0 atom stereocenters. The summed E-state index contributed by atoms with van der Waals surface area (Å²) in [6.45, 7) is 3.58. The van der Waals surface area contributed by atoms with E-state index in [-0.39, 0.29) is 42.4 Å². The van der Waals surface area contributed by atoms with Crippen molar-refractivity contribution in [2.75, 3.05) is 11.9 Å². The molecule has 5 nitrogen and oxygen atoms in total. The molecule has 2 rings (SSSR count). The number of hydrogen-bond donors (Lipinski definition) is 2. The minimum atomic E-state index is -2.54.